The first-order valence-corrected chi connectivity index (χ1v) is 11.2. The van der Waals surface area contributed by atoms with Gasteiger partial charge in [0.15, 0.2) is 5.96 Å². The van der Waals surface area contributed by atoms with Crippen molar-refractivity contribution in [2.75, 3.05) is 45.8 Å². The highest BCUT2D eigenvalue weighted by Gasteiger charge is 2.25. The van der Waals surface area contributed by atoms with Gasteiger partial charge >= 0.3 is 0 Å². The molecule has 162 valence electrons. The van der Waals surface area contributed by atoms with E-state index in [1.54, 1.807) is 0 Å². The topological polar surface area (TPSA) is 75.8 Å². The summed E-state index contributed by atoms with van der Waals surface area (Å²) in [5.41, 5.74) is 3.82. The van der Waals surface area contributed by atoms with E-state index >= 15 is 0 Å². The zero-order valence-corrected chi connectivity index (χ0v) is 18.2. The summed E-state index contributed by atoms with van der Waals surface area (Å²) < 4.78 is 0. The monoisotopic (exact) mass is 410 g/mol. The molecule has 1 aromatic heterocycles. The van der Waals surface area contributed by atoms with Crippen LogP contribution >= 0.6 is 0 Å². The van der Waals surface area contributed by atoms with E-state index in [9.17, 15) is 4.79 Å². The maximum absolute atomic E-state index is 12.0. The van der Waals surface area contributed by atoms with E-state index in [0.29, 0.717) is 12.6 Å². The second kappa shape index (κ2) is 9.51. The molecule has 0 atom stereocenters. The van der Waals surface area contributed by atoms with Crippen LogP contribution in [0.4, 0.5) is 0 Å². The fourth-order valence-corrected chi connectivity index (χ4v) is 4.10. The van der Waals surface area contributed by atoms with Gasteiger partial charge in [0.25, 0.3) is 0 Å². The first-order chi connectivity index (χ1) is 14.6. The Kier molecular flexibility index (Phi) is 6.57. The van der Waals surface area contributed by atoms with E-state index in [4.69, 9.17) is 4.99 Å². The lowest BCUT2D eigenvalue weighted by Gasteiger charge is -2.36. The quantitative estimate of drug-likeness (QED) is 0.481. The minimum Gasteiger partial charge on any atom is -0.361 e. The summed E-state index contributed by atoms with van der Waals surface area (Å²) in [6.45, 7) is 9.95. The number of H-pyrrole nitrogens is 1. The standard InChI is InChI=1S/C23H34N6O/c1-3-24-23(25-10-9-18-15-26-22-17(2)5-4-6-20(18)22)29-13-11-28(12-14-29)16-21(30)27-19-7-8-19/h4-6,15,19,26H,3,7-14,16H2,1-2H3,(H,24,25)(H,27,30). The molecule has 2 aliphatic rings. The van der Waals surface area contributed by atoms with E-state index in [1.165, 1.54) is 22.0 Å². The number of guanidine groups is 1. The van der Waals surface area contributed by atoms with Gasteiger partial charge in [-0.25, -0.2) is 0 Å². The number of carbonyl (C=O) groups is 1. The molecule has 2 aromatic rings. The van der Waals surface area contributed by atoms with Crippen LogP contribution in [0.2, 0.25) is 0 Å². The summed E-state index contributed by atoms with van der Waals surface area (Å²) in [6, 6.07) is 6.88. The van der Waals surface area contributed by atoms with Gasteiger partial charge < -0.3 is 20.5 Å². The van der Waals surface area contributed by atoms with Gasteiger partial charge in [0, 0.05) is 62.4 Å². The van der Waals surface area contributed by atoms with Gasteiger partial charge in [0.2, 0.25) is 5.91 Å². The van der Waals surface area contributed by atoms with Crippen molar-refractivity contribution in [2.45, 2.75) is 39.2 Å². The number of aromatic nitrogens is 1. The second-order valence-corrected chi connectivity index (χ2v) is 8.40. The van der Waals surface area contributed by atoms with Crippen LogP contribution in [0.15, 0.2) is 29.4 Å². The van der Waals surface area contributed by atoms with Crippen LogP contribution in [0.3, 0.4) is 0 Å². The van der Waals surface area contributed by atoms with Crippen molar-refractivity contribution in [2.24, 2.45) is 4.99 Å². The average molecular weight is 411 g/mol. The number of hydrogen-bond acceptors (Lipinski definition) is 3. The van der Waals surface area contributed by atoms with Crippen molar-refractivity contribution in [1.29, 1.82) is 0 Å². The molecule has 1 saturated carbocycles. The smallest absolute Gasteiger partial charge is 0.234 e. The second-order valence-electron chi connectivity index (χ2n) is 8.40. The molecule has 30 heavy (non-hydrogen) atoms. The lowest BCUT2D eigenvalue weighted by Crippen LogP contribution is -2.54. The number of piperazine rings is 1. The highest BCUT2D eigenvalue weighted by Crippen LogP contribution is 2.21. The average Bonchev–Trinajstić information content (AvgIpc) is 3.45. The molecule has 0 radical (unpaired) electrons. The summed E-state index contributed by atoms with van der Waals surface area (Å²) >= 11 is 0. The molecule has 1 aromatic carbocycles. The number of amides is 1. The summed E-state index contributed by atoms with van der Waals surface area (Å²) in [7, 11) is 0. The Morgan fingerprint density at radius 2 is 2.03 bits per heavy atom. The van der Waals surface area contributed by atoms with Gasteiger partial charge in [-0.2, -0.15) is 0 Å². The van der Waals surface area contributed by atoms with E-state index in [0.717, 1.165) is 64.5 Å². The molecule has 4 rings (SSSR count). The molecule has 1 aliphatic heterocycles. The molecule has 2 heterocycles. The van der Waals surface area contributed by atoms with Crippen LogP contribution in [-0.2, 0) is 11.2 Å². The summed E-state index contributed by atoms with van der Waals surface area (Å²) in [4.78, 5) is 24.9. The molecule has 3 N–H and O–H groups in total. The van der Waals surface area contributed by atoms with Crippen molar-refractivity contribution in [3.63, 3.8) is 0 Å². The van der Waals surface area contributed by atoms with Crippen LogP contribution < -0.4 is 10.6 Å². The molecule has 0 unspecified atom stereocenters. The number of aromatic amines is 1. The Morgan fingerprint density at radius 3 is 2.77 bits per heavy atom. The maximum atomic E-state index is 12.0. The SMILES string of the molecule is CCNC(=NCCc1c[nH]c2c(C)cccc12)N1CCN(CC(=O)NC2CC2)CC1. The third-order valence-corrected chi connectivity index (χ3v) is 5.97. The first kappa shape index (κ1) is 20.7. The molecule has 7 heteroatoms. The lowest BCUT2D eigenvalue weighted by molar-refractivity contribution is -0.122. The first-order valence-electron chi connectivity index (χ1n) is 11.2. The predicted octanol–water partition coefficient (Wildman–Crippen LogP) is 1.88. The Balaban J connectivity index is 1.30. The van der Waals surface area contributed by atoms with E-state index in [-0.39, 0.29) is 5.91 Å². The summed E-state index contributed by atoms with van der Waals surface area (Å²) in [5.74, 6) is 1.15. The Bertz CT molecular complexity index is 892. The van der Waals surface area contributed by atoms with Crippen molar-refractivity contribution in [3.8, 4) is 0 Å². The van der Waals surface area contributed by atoms with E-state index in [1.807, 2.05) is 0 Å². The predicted molar refractivity (Wildman–Crippen MR) is 122 cm³/mol. The number of aryl methyl sites for hydroxylation is 1. The maximum Gasteiger partial charge on any atom is 0.234 e. The fraction of sp³-hybridized carbons (Fsp3) is 0.565. The molecular formula is C23H34N6O. The Hall–Kier alpha value is -2.54. The molecule has 7 nitrogen and oxygen atoms in total. The van der Waals surface area contributed by atoms with Crippen molar-refractivity contribution < 1.29 is 4.79 Å². The number of nitrogens with one attached hydrogen (secondary N) is 3. The van der Waals surface area contributed by atoms with Crippen LogP contribution in [0.25, 0.3) is 10.9 Å². The number of aliphatic imine (C=N–C) groups is 1. The minimum atomic E-state index is 0.167. The highest BCUT2D eigenvalue weighted by atomic mass is 16.2. The number of fused-ring (bicyclic) bond motifs is 1. The van der Waals surface area contributed by atoms with Crippen LogP contribution in [-0.4, -0.2) is 78.5 Å². The zero-order valence-electron chi connectivity index (χ0n) is 18.2. The third kappa shape index (κ3) is 5.14. The van der Waals surface area contributed by atoms with Gasteiger partial charge in [0.1, 0.15) is 0 Å². The molecule has 0 spiro atoms. The number of nitrogens with zero attached hydrogens (tertiary/aromatic N) is 3. The van der Waals surface area contributed by atoms with Crippen LogP contribution in [0.1, 0.15) is 30.9 Å². The van der Waals surface area contributed by atoms with Gasteiger partial charge in [-0.3, -0.25) is 14.7 Å². The van der Waals surface area contributed by atoms with E-state index in [2.05, 4.69) is 63.7 Å². The molecular weight excluding hydrogens is 376 g/mol. The number of rotatable bonds is 7. The third-order valence-electron chi connectivity index (χ3n) is 5.97. The molecule has 1 amide bonds. The summed E-state index contributed by atoms with van der Waals surface area (Å²) in [6.07, 6.45) is 5.31. The van der Waals surface area contributed by atoms with Crippen LogP contribution in [0.5, 0.6) is 0 Å². The van der Waals surface area contributed by atoms with E-state index < -0.39 is 0 Å². The normalized spacial score (nSPS) is 18.1. The van der Waals surface area contributed by atoms with Gasteiger partial charge in [0.05, 0.1) is 6.54 Å². The van der Waals surface area contributed by atoms with Crippen molar-refractivity contribution >= 4 is 22.8 Å². The molecule has 0 bridgehead atoms. The molecule has 1 aliphatic carbocycles. The lowest BCUT2D eigenvalue weighted by atomic mass is 10.1. The largest absolute Gasteiger partial charge is 0.361 e. The van der Waals surface area contributed by atoms with Crippen molar-refractivity contribution in [3.05, 3.63) is 35.5 Å². The molecule has 1 saturated heterocycles. The Morgan fingerprint density at radius 1 is 1.23 bits per heavy atom. The van der Waals surface area contributed by atoms with Gasteiger partial charge in [-0.05, 0) is 44.2 Å². The molecule has 2 fully saturated rings. The minimum absolute atomic E-state index is 0.167. The van der Waals surface area contributed by atoms with Gasteiger partial charge in [-0.15, -0.1) is 0 Å². The highest BCUT2D eigenvalue weighted by molar-refractivity contribution is 5.86. The number of para-hydroxylation sites is 1. The summed E-state index contributed by atoms with van der Waals surface area (Å²) in [5, 5.41) is 7.82. The van der Waals surface area contributed by atoms with Crippen LogP contribution in [0, 0.1) is 6.92 Å². The van der Waals surface area contributed by atoms with Gasteiger partial charge in [-0.1, -0.05) is 18.2 Å². The number of benzene rings is 1. The Labute approximate surface area is 178 Å². The van der Waals surface area contributed by atoms with Crippen molar-refractivity contribution in [1.82, 2.24) is 25.4 Å². The zero-order chi connectivity index (χ0) is 20.9. The fourth-order valence-electron chi connectivity index (χ4n) is 4.10. The number of hydrogen-bond donors (Lipinski definition) is 3. The number of carbonyl (C=O) groups excluding carboxylic acids is 1.